The minimum absolute atomic E-state index is 0.0569. The van der Waals surface area contributed by atoms with E-state index in [1.807, 2.05) is 12.1 Å². The number of benzene rings is 3. The molecule has 35 heavy (non-hydrogen) atoms. The Bertz CT molecular complexity index is 1170. The van der Waals surface area contributed by atoms with Gasteiger partial charge in [-0.2, -0.15) is 0 Å². The maximum atomic E-state index is 13.4. The van der Waals surface area contributed by atoms with Crippen LogP contribution in [0.1, 0.15) is 46.7 Å². The molecule has 6 nitrogen and oxygen atoms in total. The van der Waals surface area contributed by atoms with E-state index < -0.39 is 6.04 Å². The number of carbonyl (C=O) groups is 3. The maximum Gasteiger partial charge on any atom is 0.254 e. The molecule has 2 atom stereocenters. The second-order valence-electron chi connectivity index (χ2n) is 8.39. The fourth-order valence-corrected chi connectivity index (χ4v) is 4.28. The van der Waals surface area contributed by atoms with Crippen molar-refractivity contribution in [3.8, 4) is 0 Å². The summed E-state index contributed by atoms with van der Waals surface area (Å²) in [6, 6.07) is 19.7. The van der Waals surface area contributed by atoms with Crippen molar-refractivity contribution in [2.45, 2.75) is 31.2 Å². The molecule has 3 N–H and O–H groups in total. The van der Waals surface area contributed by atoms with Crippen LogP contribution in [0.4, 0.5) is 10.1 Å². The van der Waals surface area contributed by atoms with Crippen LogP contribution in [0.2, 0.25) is 5.02 Å². The summed E-state index contributed by atoms with van der Waals surface area (Å²) in [5.41, 5.74) is 2.78. The van der Waals surface area contributed by atoms with Crippen molar-refractivity contribution in [2.24, 2.45) is 0 Å². The molecule has 8 heteroatoms. The van der Waals surface area contributed by atoms with E-state index in [1.165, 1.54) is 12.1 Å². The molecule has 0 aromatic heterocycles. The summed E-state index contributed by atoms with van der Waals surface area (Å²) in [7, 11) is 0. The number of hydrogen-bond donors (Lipinski definition) is 3. The summed E-state index contributed by atoms with van der Waals surface area (Å²) in [6.07, 6.45) is 0.849. The van der Waals surface area contributed by atoms with Crippen molar-refractivity contribution in [3.63, 3.8) is 0 Å². The Morgan fingerprint density at radius 3 is 2.34 bits per heavy atom. The van der Waals surface area contributed by atoms with E-state index >= 15 is 0 Å². The summed E-state index contributed by atoms with van der Waals surface area (Å²) >= 11 is 6.02. The van der Waals surface area contributed by atoms with Crippen LogP contribution in [0, 0.1) is 5.82 Å². The van der Waals surface area contributed by atoms with Gasteiger partial charge in [0.2, 0.25) is 11.8 Å². The van der Waals surface area contributed by atoms with Gasteiger partial charge in [0, 0.05) is 23.9 Å². The van der Waals surface area contributed by atoms with Gasteiger partial charge >= 0.3 is 0 Å². The van der Waals surface area contributed by atoms with E-state index in [4.69, 9.17) is 11.6 Å². The monoisotopic (exact) mass is 493 g/mol. The van der Waals surface area contributed by atoms with Crippen molar-refractivity contribution in [3.05, 3.63) is 100 Å². The number of rotatable bonds is 8. The number of carbonyl (C=O) groups excluding carboxylic acids is 3. The highest BCUT2D eigenvalue weighted by atomic mass is 35.5. The average molecular weight is 494 g/mol. The molecule has 0 saturated heterocycles. The number of para-hydroxylation sites is 1. The number of hydrogen-bond acceptors (Lipinski definition) is 3. The topological polar surface area (TPSA) is 87.3 Å². The molecule has 180 valence electrons. The molecule has 1 aliphatic heterocycles. The third-order valence-corrected chi connectivity index (χ3v) is 6.26. The van der Waals surface area contributed by atoms with Gasteiger partial charge in [-0.25, -0.2) is 4.39 Å². The van der Waals surface area contributed by atoms with Crippen molar-refractivity contribution < 1.29 is 18.8 Å². The number of amides is 3. The minimum Gasteiger partial charge on any atom is -0.356 e. The zero-order valence-corrected chi connectivity index (χ0v) is 19.6. The van der Waals surface area contributed by atoms with Crippen LogP contribution in [0.3, 0.4) is 0 Å². The molecule has 0 unspecified atom stereocenters. The lowest BCUT2D eigenvalue weighted by molar-refractivity contribution is -0.121. The quantitative estimate of drug-likeness (QED) is 0.427. The van der Waals surface area contributed by atoms with Crippen molar-refractivity contribution in [1.82, 2.24) is 10.6 Å². The van der Waals surface area contributed by atoms with E-state index in [-0.39, 0.29) is 42.3 Å². The molecular weight excluding hydrogens is 469 g/mol. The number of fused-ring (bicyclic) bond motifs is 1. The van der Waals surface area contributed by atoms with Crippen molar-refractivity contribution in [1.29, 1.82) is 0 Å². The van der Waals surface area contributed by atoms with Crippen LogP contribution in [0.25, 0.3) is 0 Å². The second-order valence-corrected chi connectivity index (χ2v) is 8.83. The number of nitrogens with one attached hydrogen (secondary N) is 3. The van der Waals surface area contributed by atoms with Gasteiger partial charge < -0.3 is 16.0 Å². The van der Waals surface area contributed by atoms with E-state index in [2.05, 4.69) is 16.0 Å². The molecule has 3 aromatic rings. The average Bonchev–Trinajstić information content (AvgIpc) is 2.97. The fraction of sp³-hybridized carbons (Fsp3) is 0.222. The Balaban J connectivity index is 1.32. The van der Waals surface area contributed by atoms with Crippen LogP contribution in [-0.4, -0.2) is 30.3 Å². The molecule has 0 aliphatic carbocycles. The summed E-state index contributed by atoms with van der Waals surface area (Å²) in [5.74, 6) is -1.29. The van der Waals surface area contributed by atoms with Gasteiger partial charge in [-0.1, -0.05) is 48.0 Å². The molecule has 0 saturated carbocycles. The van der Waals surface area contributed by atoms with E-state index in [0.717, 1.165) is 11.1 Å². The van der Waals surface area contributed by atoms with Gasteiger partial charge in [-0.3, -0.25) is 14.4 Å². The molecule has 1 aliphatic rings. The predicted octanol–water partition coefficient (Wildman–Crippen LogP) is 4.65. The van der Waals surface area contributed by atoms with Gasteiger partial charge in [-0.05, 0) is 60.4 Å². The molecule has 0 radical (unpaired) electrons. The molecular formula is C27H25ClFN3O3. The largest absolute Gasteiger partial charge is 0.356 e. The molecule has 3 aromatic carbocycles. The fourth-order valence-electron chi connectivity index (χ4n) is 4.15. The first-order chi connectivity index (χ1) is 16.9. The Hall–Kier alpha value is -3.71. The molecule has 0 bridgehead atoms. The number of halogens is 2. The van der Waals surface area contributed by atoms with Crippen molar-refractivity contribution >= 4 is 35.0 Å². The maximum absolute atomic E-state index is 13.4. The van der Waals surface area contributed by atoms with E-state index in [9.17, 15) is 18.8 Å². The van der Waals surface area contributed by atoms with E-state index in [1.54, 1.807) is 48.5 Å². The van der Waals surface area contributed by atoms with Crippen LogP contribution in [0.5, 0.6) is 0 Å². The van der Waals surface area contributed by atoms with Gasteiger partial charge in [0.1, 0.15) is 11.9 Å². The first-order valence-electron chi connectivity index (χ1n) is 11.4. The first-order valence-corrected chi connectivity index (χ1v) is 11.8. The zero-order chi connectivity index (χ0) is 24.8. The molecule has 0 spiro atoms. The molecule has 1 heterocycles. The first kappa shape index (κ1) is 24.4. The Kier molecular flexibility index (Phi) is 7.77. The third-order valence-electron chi connectivity index (χ3n) is 6.01. The van der Waals surface area contributed by atoms with Gasteiger partial charge in [0.05, 0.1) is 11.3 Å². The molecule has 3 amide bonds. The summed E-state index contributed by atoms with van der Waals surface area (Å²) in [5, 5.41) is 8.95. The Labute approximate surface area is 207 Å². The van der Waals surface area contributed by atoms with E-state index in [0.29, 0.717) is 29.2 Å². The van der Waals surface area contributed by atoms with Crippen LogP contribution in [-0.2, 0) is 9.59 Å². The highest BCUT2D eigenvalue weighted by molar-refractivity contribution is 6.30. The lowest BCUT2D eigenvalue weighted by atomic mass is 9.88. The zero-order valence-electron chi connectivity index (χ0n) is 18.9. The Morgan fingerprint density at radius 2 is 1.63 bits per heavy atom. The summed E-state index contributed by atoms with van der Waals surface area (Å²) in [4.78, 5) is 37.4. The lowest BCUT2D eigenvalue weighted by Crippen LogP contribution is -2.42. The standard InChI is InChI=1S/C27H25ClFN3O3/c28-19-9-5-17(6-10-19)21(18-7-11-20(29)12-8-18)15-16-30-25(33)14-13-24-27(35)31-23-4-2-1-3-22(23)26(34)32-24/h1-12,21,24H,13-16H2,(H,30,33)(H,31,35)(H,32,34)/t21-,24-/m0/s1. The molecule has 4 rings (SSSR count). The Morgan fingerprint density at radius 1 is 0.971 bits per heavy atom. The third kappa shape index (κ3) is 6.25. The second kappa shape index (κ2) is 11.1. The predicted molar refractivity (Wildman–Crippen MR) is 133 cm³/mol. The smallest absolute Gasteiger partial charge is 0.254 e. The minimum atomic E-state index is -0.804. The lowest BCUT2D eigenvalue weighted by Gasteiger charge is -2.19. The summed E-state index contributed by atoms with van der Waals surface area (Å²) in [6.45, 7) is 0.387. The van der Waals surface area contributed by atoms with Gasteiger partial charge in [-0.15, -0.1) is 0 Å². The highest BCUT2D eigenvalue weighted by Gasteiger charge is 2.27. The molecule has 0 fully saturated rings. The normalized spacial score (nSPS) is 15.9. The van der Waals surface area contributed by atoms with Gasteiger partial charge in [0.25, 0.3) is 5.91 Å². The van der Waals surface area contributed by atoms with Gasteiger partial charge in [0.15, 0.2) is 0 Å². The number of anilines is 1. The van der Waals surface area contributed by atoms with Crippen molar-refractivity contribution in [2.75, 3.05) is 11.9 Å². The summed E-state index contributed by atoms with van der Waals surface area (Å²) < 4.78 is 13.4. The van der Waals surface area contributed by atoms with Crippen LogP contribution in [0.15, 0.2) is 72.8 Å². The highest BCUT2D eigenvalue weighted by Crippen LogP contribution is 2.29. The SMILES string of the molecule is O=C(CC[C@@H]1NC(=O)c2ccccc2NC1=O)NCC[C@H](c1ccc(F)cc1)c1ccc(Cl)cc1. The van der Waals surface area contributed by atoms with Crippen LogP contribution >= 0.6 is 11.6 Å². The van der Waals surface area contributed by atoms with Crippen LogP contribution < -0.4 is 16.0 Å².